The maximum atomic E-state index is 12.3. The Labute approximate surface area is 152 Å². The number of morpholine rings is 1. The molecule has 0 radical (unpaired) electrons. The first-order valence-corrected chi connectivity index (χ1v) is 9.19. The monoisotopic (exact) mass is 358 g/mol. The highest BCUT2D eigenvalue weighted by Crippen LogP contribution is 2.27. The van der Waals surface area contributed by atoms with Crippen LogP contribution >= 0.6 is 0 Å². The second-order valence-electron chi connectivity index (χ2n) is 7.15. The number of aromatic nitrogens is 4. The summed E-state index contributed by atoms with van der Waals surface area (Å²) >= 11 is 0. The second kappa shape index (κ2) is 6.85. The molecule has 2 aromatic heterocycles. The van der Waals surface area contributed by atoms with E-state index in [-0.39, 0.29) is 5.56 Å². The van der Waals surface area contributed by atoms with E-state index in [1.807, 2.05) is 18.7 Å². The molecule has 8 heteroatoms. The molecular formula is C18H26N6O2. The molecule has 0 unspecified atom stereocenters. The van der Waals surface area contributed by atoms with Crippen LogP contribution in [0, 0.1) is 13.8 Å². The number of nitrogens with zero attached hydrogens (tertiary/aromatic N) is 5. The van der Waals surface area contributed by atoms with Crippen molar-refractivity contribution in [2.24, 2.45) is 7.05 Å². The predicted molar refractivity (Wildman–Crippen MR) is 98.4 cm³/mol. The molecule has 140 valence electrons. The van der Waals surface area contributed by atoms with E-state index in [0.717, 1.165) is 62.8 Å². The summed E-state index contributed by atoms with van der Waals surface area (Å²) in [5.74, 6) is 1.87. The molecule has 4 heterocycles. The molecule has 8 nitrogen and oxygen atoms in total. The highest BCUT2D eigenvalue weighted by Gasteiger charge is 2.26. The Morgan fingerprint density at radius 3 is 2.73 bits per heavy atom. The van der Waals surface area contributed by atoms with E-state index in [0.29, 0.717) is 12.4 Å². The zero-order valence-electron chi connectivity index (χ0n) is 15.7. The molecule has 26 heavy (non-hydrogen) atoms. The number of anilines is 1. The Morgan fingerprint density at radius 2 is 1.96 bits per heavy atom. The summed E-state index contributed by atoms with van der Waals surface area (Å²) in [6, 6.07) is 0. The van der Waals surface area contributed by atoms with Gasteiger partial charge in [0.2, 0.25) is 0 Å². The molecule has 1 saturated heterocycles. The highest BCUT2D eigenvalue weighted by molar-refractivity contribution is 5.50. The largest absolute Gasteiger partial charge is 0.378 e. The lowest BCUT2D eigenvalue weighted by Crippen LogP contribution is -2.39. The van der Waals surface area contributed by atoms with Crippen LogP contribution in [0.15, 0.2) is 4.79 Å². The average molecular weight is 358 g/mol. The van der Waals surface area contributed by atoms with E-state index >= 15 is 0 Å². The number of fused-ring (bicyclic) bond motifs is 1. The van der Waals surface area contributed by atoms with Crippen LogP contribution in [0.4, 0.5) is 5.82 Å². The van der Waals surface area contributed by atoms with Gasteiger partial charge < -0.3 is 14.6 Å². The normalized spacial score (nSPS) is 18.2. The Balaban J connectivity index is 1.59. The molecule has 4 rings (SSSR count). The summed E-state index contributed by atoms with van der Waals surface area (Å²) in [5, 5.41) is 4.65. The van der Waals surface area contributed by atoms with Crippen LogP contribution in [0.25, 0.3) is 0 Å². The lowest BCUT2D eigenvalue weighted by Gasteiger charge is -2.32. The lowest BCUT2D eigenvalue weighted by atomic mass is 10.1. The van der Waals surface area contributed by atoms with Gasteiger partial charge in [-0.1, -0.05) is 0 Å². The third-order valence-corrected chi connectivity index (χ3v) is 5.27. The smallest absolute Gasteiger partial charge is 0.255 e. The number of hydrogen-bond acceptors (Lipinski definition) is 6. The number of aromatic amines is 1. The molecule has 0 spiro atoms. The average Bonchev–Trinajstić information content (AvgIpc) is 2.89. The minimum Gasteiger partial charge on any atom is -0.378 e. The number of nitrogens with one attached hydrogen (secondary N) is 1. The molecule has 0 aromatic carbocycles. The molecule has 1 N–H and O–H groups in total. The molecular weight excluding hydrogens is 332 g/mol. The SMILES string of the molecule is Cc1nc2c(c(=O)[nH]1)CN(Cc1c(C)nn(C)c1N1CCOCC1)CC2. The number of hydrogen-bond donors (Lipinski definition) is 1. The van der Waals surface area contributed by atoms with Crippen LogP contribution in [0.2, 0.25) is 0 Å². The minimum absolute atomic E-state index is 0.00601. The van der Waals surface area contributed by atoms with Gasteiger partial charge in [-0.05, 0) is 13.8 Å². The van der Waals surface area contributed by atoms with Crippen molar-refractivity contribution in [3.63, 3.8) is 0 Å². The molecule has 2 aromatic rings. The third-order valence-electron chi connectivity index (χ3n) is 5.27. The van der Waals surface area contributed by atoms with Crippen molar-refractivity contribution in [3.8, 4) is 0 Å². The fraction of sp³-hybridized carbons (Fsp3) is 0.611. The first-order valence-electron chi connectivity index (χ1n) is 9.19. The predicted octanol–water partition coefficient (Wildman–Crippen LogP) is 0.515. The topological polar surface area (TPSA) is 79.3 Å². The molecule has 0 saturated carbocycles. The number of ether oxygens (including phenoxy) is 1. The van der Waals surface area contributed by atoms with Gasteiger partial charge in [0.1, 0.15) is 11.6 Å². The molecule has 0 amide bonds. The molecule has 0 aliphatic carbocycles. The van der Waals surface area contributed by atoms with Gasteiger partial charge in [-0.15, -0.1) is 0 Å². The molecule has 0 atom stereocenters. The summed E-state index contributed by atoms with van der Waals surface area (Å²) in [6.45, 7) is 9.50. The van der Waals surface area contributed by atoms with Crippen LogP contribution in [0.5, 0.6) is 0 Å². The van der Waals surface area contributed by atoms with Gasteiger partial charge in [-0.25, -0.2) is 4.98 Å². The van der Waals surface area contributed by atoms with Crippen molar-refractivity contribution in [2.45, 2.75) is 33.4 Å². The lowest BCUT2D eigenvalue weighted by molar-refractivity contribution is 0.122. The van der Waals surface area contributed by atoms with Crippen molar-refractivity contribution < 1.29 is 4.74 Å². The summed E-state index contributed by atoms with van der Waals surface area (Å²) in [4.78, 5) is 24.3. The van der Waals surface area contributed by atoms with Crippen molar-refractivity contribution in [2.75, 3.05) is 37.7 Å². The number of aryl methyl sites for hydroxylation is 3. The Bertz CT molecular complexity index is 865. The van der Waals surface area contributed by atoms with Crippen molar-refractivity contribution in [1.82, 2.24) is 24.6 Å². The van der Waals surface area contributed by atoms with Gasteiger partial charge in [0.25, 0.3) is 5.56 Å². The Hall–Kier alpha value is -2.19. The first kappa shape index (κ1) is 17.2. The maximum absolute atomic E-state index is 12.3. The fourth-order valence-corrected chi connectivity index (χ4v) is 4.01. The first-order chi connectivity index (χ1) is 12.5. The van der Waals surface area contributed by atoms with Gasteiger partial charge in [-0.3, -0.25) is 14.4 Å². The summed E-state index contributed by atoms with van der Waals surface area (Å²) in [5.41, 5.74) is 4.04. The van der Waals surface area contributed by atoms with Gasteiger partial charge in [0.15, 0.2) is 0 Å². The van der Waals surface area contributed by atoms with E-state index in [2.05, 4.69) is 31.8 Å². The molecule has 1 fully saturated rings. The van der Waals surface area contributed by atoms with Crippen LogP contribution in [-0.4, -0.2) is 57.5 Å². The van der Waals surface area contributed by atoms with Crippen LogP contribution in [0.3, 0.4) is 0 Å². The standard InChI is InChI=1S/C18H26N6O2/c1-12-14(18(22(3)21-12)24-6-8-26-9-7-24)10-23-5-4-16-15(11-23)17(25)20-13(2)19-16/h4-11H2,1-3H3,(H,19,20,25). The Morgan fingerprint density at radius 1 is 1.19 bits per heavy atom. The molecule has 0 bridgehead atoms. The van der Waals surface area contributed by atoms with E-state index in [4.69, 9.17) is 4.74 Å². The van der Waals surface area contributed by atoms with Gasteiger partial charge in [0, 0.05) is 51.8 Å². The van der Waals surface area contributed by atoms with Gasteiger partial charge in [0.05, 0.1) is 30.2 Å². The summed E-state index contributed by atoms with van der Waals surface area (Å²) in [6.07, 6.45) is 0.812. The number of rotatable bonds is 3. The van der Waals surface area contributed by atoms with Crippen LogP contribution in [-0.2, 0) is 31.3 Å². The van der Waals surface area contributed by atoms with Gasteiger partial charge in [-0.2, -0.15) is 5.10 Å². The van der Waals surface area contributed by atoms with Crippen LogP contribution in [0.1, 0.15) is 28.3 Å². The highest BCUT2D eigenvalue weighted by atomic mass is 16.5. The minimum atomic E-state index is -0.00601. The van der Waals surface area contributed by atoms with E-state index in [1.54, 1.807) is 0 Å². The van der Waals surface area contributed by atoms with Crippen molar-refractivity contribution in [3.05, 3.63) is 38.7 Å². The summed E-state index contributed by atoms with van der Waals surface area (Å²) < 4.78 is 7.47. The Kier molecular flexibility index (Phi) is 4.54. The third kappa shape index (κ3) is 3.14. The quantitative estimate of drug-likeness (QED) is 0.862. The van der Waals surface area contributed by atoms with E-state index in [9.17, 15) is 4.79 Å². The maximum Gasteiger partial charge on any atom is 0.255 e. The second-order valence-corrected chi connectivity index (χ2v) is 7.15. The van der Waals surface area contributed by atoms with E-state index < -0.39 is 0 Å². The van der Waals surface area contributed by atoms with Crippen molar-refractivity contribution >= 4 is 5.82 Å². The fourth-order valence-electron chi connectivity index (χ4n) is 4.01. The zero-order chi connectivity index (χ0) is 18.3. The van der Waals surface area contributed by atoms with Gasteiger partial charge >= 0.3 is 0 Å². The number of H-pyrrole nitrogens is 1. The molecule has 2 aliphatic heterocycles. The molecule has 2 aliphatic rings. The zero-order valence-corrected chi connectivity index (χ0v) is 15.7. The van der Waals surface area contributed by atoms with E-state index in [1.165, 1.54) is 11.4 Å². The van der Waals surface area contributed by atoms with Crippen molar-refractivity contribution in [1.29, 1.82) is 0 Å². The van der Waals surface area contributed by atoms with Crippen LogP contribution < -0.4 is 10.5 Å². The summed E-state index contributed by atoms with van der Waals surface area (Å²) in [7, 11) is 2.00.